The number of halogens is 1. The molecule has 0 spiro atoms. The number of ether oxygens (including phenoxy) is 1. The van der Waals surface area contributed by atoms with Gasteiger partial charge in [0.1, 0.15) is 0 Å². The number of methoxy groups -OCH3 is 1. The molecular weight excluding hydrogens is 324 g/mol. The first-order valence-electron chi connectivity index (χ1n) is 7.51. The number of hydrogen-bond acceptors (Lipinski definition) is 4. The molecule has 0 aliphatic carbocycles. The van der Waals surface area contributed by atoms with Gasteiger partial charge in [0, 0.05) is 16.1 Å². The lowest BCUT2D eigenvalue weighted by Crippen LogP contribution is -2.06. The van der Waals surface area contributed by atoms with Gasteiger partial charge in [-0.2, -0.15) is 0 Å². The van der Waals surface area contributed by atoms with Crippen molar-refractivity contribution in [3.05, 3.63) is 64.3 Å². The fourth-order valence-corrected chi connectivity index (χ4v) is 2.75. The van der Waals surface area contributed by atoms with Crippen LogP contribution in [-0.4, -0.2) is 18.1 Å². The Hall–Kier alpha value is -2.59. The molecule has 3 rings (SSSR count). The second-order valence-electron chi connectivity index (χ2n) is 5.60. The van der Waals surface area contributed by atoms with Gasteiger partial charge >= 0.3 is 5.97 Å². The number of pyridine rings is 1. The van der Waals surface area contributed by atoms with E-state index >= 15 is 0 Å². The fourth-order valence-electron chi connectivity index (χ4n) is 2.58. The van der Waals surface area contributed by atoms with Crippen LogP contribution in [0.5, 0.6) is 0 Å². The zero-order chi connectivity index (χ0) is 17.3. The number of hydrogen-bond donors (Lipinski definition) is 1. The summed E-state index contributed by atoms with van der Waals surface area (Å²) in [5, 5.41) is 4.95. The minimum absolute atomic E-state index is 0.265. The number of fused-ring (bicyclic) bond motifs is 1. The van der Waals surface area contributed by atoms with Crippen LogP contribution < -0.4 is 5.32 Å². The molecular formula is C19H17ClN2O2. The van der Waals surface area contributed by atoms with Crippen molar-refractivity contribution in [3.8, 4) is 0 Å². The lowest BCUT2D eigenvalue weighted by atomic mass is 10.1. The van der Waals surface area contributed by atoms with E-state index in [2.05, 4.69) is 10.3 Å². The molecule has 0 aliphatic heterocycles. The molecule has 122 valence electrons. The number of carbonyl (C=O) groups excluding carboxylic acids is 1. The summed E-state index contributed by atoms with van der Waals surface area (Å²) in [4.78, 5) is 16.4. The third kappa shape index (κ3) is 3.05. The number of rotatable bonds is 3. The number of carbonyl (C=O) groups is 1. The third-order valence-corrected chi connectivity index (χ3v) is 4.14. The molecule has 0 bridgehead atoms. The highest BCUT2D eigenvalue weighted by Gasteiger charge is 2.14. The Morgan fingerprint density at radius 2 is 1.88 bits per heavy atom. The van der Waals surface area contributed by atoms with Crippen LogP contribution in [0.2, 0.25) is 5.02 Å². The van der Waals surface area contributed by atoms with Crippen LogP contribution in [0, 0.1) is 13.8 Å². The van der Waals surface area contributed by atoms with Gasteiger partial charge in [-0.1, -0.05) is 35.9 Å². The third-order valence-electron chi connectivity index (χ3n) is 3.90. The first-order chi connectivity index (χ1) is 11.5. The van der Waals surface area contributed by atoms with E-state index in [1.54, 1.807) is 6.07 Å². The predicted octanol–water partition coefficient (Wildman–Crippen LogP) is 5.04. The van der Waals surface area contributed by atoms with E-state index in [1.165, 1.54) is 7.11 Å². The SMILES string of the molecule is COC(=O)c1cc(Nc2cc(Cl)ccc2C)c2cccc(C)c2n1. The van der Waals surface area contributed by atoms with Crippen molar-refractivity contribution in [3.63, 3.8) is 0 Å². The van der Waals surface area contributed by atoms with Crippen molar-refractivity contribution in [2.75, 3.05) is 12.4 Å². The van der Waals surface area contributed by atoms with Crippen molar-refractivity contribution in [1.82, 2.24) is 4.98 Å². The minimum Gasteiger partial charge on any atom is -0.464 e. The average Bonchev–Trinajstić information content (AvgIpc) is 2.58. The van der Waals surface area contributed by atoms with E-state index in [4.69, 9.17) is 16.3 Å². The average molecular weight is 341 g/mol. The number of nitrogens with zero attached hydrogens (tertiary/aromatic N) is 1. The molecule has 0 atom stereocenters. The summed E-state index contributed by atoms with van der Waals surface area (Å²) in [5.41, 5.74) is 4.74. The zero-order valence-corrected chi connectivity index (χ0v) is 14.4. The monoisotopic (exact) mass is 340 g/mol. The van der Waals surface area contributed by atoms with Gasteiger partial charge in [0.05, 0.1) is 18.3 Å². The Morgan fingerprint density at radius 3 is 2.62 bits per heavy atom. The smallest absolute Gasteiger partial charge is 0.356 e. The molecule has 0 saturated heterocycles. The summed E-state index contributed by atoms with van der Waals surface area (Å²) in [5.74, 6) is -0.467. The molecule has 4 nitrogen and oxygen atoms in total. The van der Waals surface area contributed by atoms with Gasteiger partial charge in [-0.25, -0.2) is 9.78 Å². The molecule has 0 amide bonds. The van der Waals surface area contributed by atoms with E-state index < -0.39 is 5.97 Å². The van der Waals surface area contributed by atoms with Crippen molar-refractivity contribution < 1.29 is 9.53 Å². The van der Waals surface area contributed by atoms with E-state index in [1.807, 2.05) is 50.2 Å². The Bertz CT molecular complexity index is 938. The van der Waals surface area contributed by atoms with Crippen LogP contribution >= 0.6 is 11.6 Å². The summed E-state index contributed by atoms with van der Waals surface area (Å²) in [6, 6.07) is 13.2. The summed E-state index contributed by atoms with van der Waals surface area (Å²) >= 11 is 6.10. The molecule has 3 aromatic rings. The van der Waals surface area contributed by atoms with Crippen LogP contribution in [0.15, 0.2) is 42.5 Å². The maximum atomic E-state index is 12.0. The number of aryl methyl sites for hydroxylation is 2. The molecule has 1 N–H and O–H groups in total. The van der Waals surface area contributed by atoms with Gasteiger partial charge in [0.15, 0.2) is 5.69 Å². The second kappa shape index (κ2) is 6.49. The highest BCUT2D eigenvalue weighted by Crippen LogP contribution is 2.30. The van der Waals surface area contributed by atoms with Crippen molar-refractivity contribution in [2.45, 2.75) is 13.8 Å². The molecule has 2 aromatic carbocycles. The molecule has 24 heavy (non-hydrogen) atoms. The topological polar surface area (TPSA) is 51.2 Å². The van der Waals surface area contributed by atoms with Crippen molar-refractivity contribution in [1.29, 1.82) is 0 Å². The minimum atomic E-state index is -0.467. The number of aromatic nitrogens is 1. The molecule has 1 heterocycles. The number of anilines is 2. The quantitative estimate of drug-likeness (QED) is 0.679. The fraction of sp³-hybridized carbons (Fsp3) is 0.158. The maximum absolute atomic E-state index is 12.0. The molecule has 5 heteroatoms. The lowest BCUT2D eigenvalue weighted by molar-refractivity contribution is 0.0594. The van der Waals surface area contributed by atoms with E-state index in [-0.39, 0.29) is 5.69 Å². The van der Waals surface area contributed by atoms with Crippen molar-refractivity contribution in [2.24, 2.45) is 0 Å². The summed E-state index contributed by atoms with van der Waals surface area (Å²) in [7, 11) is 1.35. The van der Waals surface area contributed by atoms with Gasteiger partial charge < -0.3 is 10.1 Å². The van der Waals surface area contributed by atoms with E-state index in [0.717, 1.165) is 33.4 Å². The van der Waals surface area contributed by atoms with Gasteiger partial charge in [-0.05, 0) is 43.2 Å². The lowest BCUT2D eigenvalue weighted by Gasteiger charge is -2.14. The van der Waals surface area contributed by atoms with Crippen LogP contribution in [0.1, 0.15) is 21.6 Å². The van der Waals surface area contributed by atoms with Crippen LogP contribution in [0.3, 0.4) is 0 Å². The molecule has 0 fully saturated rings. The Labute approximate surface area is 145 Å². The Morgan fingerprint density at radius 1 is 1.08 bits per heavy atom. The van der Waals surface area contributed by atoms with Crippen LogP contribution in [0.25, 0.3) is 10.9 Å². The first kappa shape index (κ1) is 16.3. The molecule has 0 unspecified atom stereocenters. The highest BCUT2D eigenvalue weighted by molar-refractivity contribution is 6.30. The predicted molar refractivity (Wildman–Crippen MR) is 97.3 cm³/mol. The first-order valence-corrected chi connectivity index (χ1v) is 7.89. The van der Waals surface area contributed by atoms with E-state index in [0.29, 0.717) is 5.02 Å². The molecule has 1 aromatic heterocycles. The summed E-state index contributed by atoms with van der Waals surface area (Å²) in [6.07, 6.45) is 0. The highest BCUT2D eigenvalue weighted by atomic mass is 35.5. The summed E-state index contributed by atoms with van der Waals surface area (Å²) < 4.78 is 4.82. The maximum Gasteiger partial charge on any atom is 0.356 e. The Balaban J connectivity index is 2.20. The van der Waals surface area contributed by atoms with Gasteiger partial charge in [-0.3, -0.25) is 0 Å². The number of nitrogens with one attached hydrogen (secondary N) is 1. The number of esters is 1. The van der Waals surface area contributed by atoms with Crippen LogP contribution in [0.4, 0.5) is 11.4 Å². The molecule has 0 saturated carbocycles. The number of benzene rings is 2. The van der Waals surface area contributed by atoms with E-state index in [9.17, 15) is 4.79 Å². The van der Waals surface area contributed by atoms with Crippen LogP contribution in [-0.2, 0) is 4.74 Å². The van der Waals surface area contributed by atoms with Crippen molar-refractivity contribution >= 4 is 39.8 Å². The summed E-state index contributed by atoms with van der Waals surface area (Å²) in [6.45, 7) is 3.96. The number of para-hydroxylation sites is 1. The standard InChI is InChI=1S/C19H17ClN2O2/c1-11-7-8-13(20)9-15(11)21-16-10-17(19(23)24-3)22-18-12(2)5-4-6-14(16)18/h4-10H,1-3H3,(H,21,22). The Kier molecular flexibility index (Phi) is 4.40. The molecule has 0 aliphatic rings. The largest absolute Gasteiger partial charge is 0.464 e. The van der Waals surface area contributed by atoms with Gasteiger partial charge in [-0.15, -0.1) is 0 Å². The van der Waals surface area contributed by atoms with Gasteiger partial charge in [0.25, 0.3) is 0 Å². The zero-order valence-electron chi connectivity index (χ0n) is 13.7. The molecule has 0 radical (unpaired) electrons. The normalized spacial score (nSPS) is 10.7. The second-order valence-corrected chi connectivity index (χ2v) is 6.04. The van der Waals surface area contributed by atoms with Gasteiger partial charge in [0.2, 0.25) is 0 Å².